The van der Waals surface area contributed by atoms with Crippen LogP contribution in [0, 0.1) is 0 Å². The van der Waals surface area contributed by atoms with Crippen molar-refractivity contribution in [1.82, 2.24) is 15.1 Å². The van der Waals surface area contributed by atoms with E-state index in [1.165, 1.54) is 19.3 Å². The zero-order chi connectivity index (χ0) is 28.6. The first-order chi connectivity index (χ1) is 20.0. The molecule has 1 N–H and O–H groups in total. The Balaban J connectivity index is 1.26. The predicted molar refractivity (Wildman–Crippen MR) is 166 cm³/mol. The number of benzene rings is 3. The van der Waals surface area contributed by atoms with Gasteiger partial charge in [-0.3, -0.25) is 9.59 Å². The number of halogens is 1. The lowest BCUT2D eigenvalue weighted by molar-refractivity contribution is -0.124. The number of nitrogens with one attached hydrogen (secondary N) is 1. The fourth-order valence-corrected chi connectivity index (χ4v) is 7.08. The van der Waals surface area contributed by atoms with Gasteiger partial charge in [0.2, 0.25) is 5.91 Å². The van der Waals surface area contributed by atoms with Crippen LogP contribution in [0.25, 0.3) is 0 Å². The molecule has 0 radical (unpaired) electrons. The highest BCUT2D eigenvalue weighted by atomic mass is 35.5. The maximum Gasteiger partial charge on any atom is 0.255 e. The van der Waals surface area contributed by atoms with E-state index in [1.54, 1.807) is 40.9 Å². The zero-order valence-electron chi connectivity index (χ0n) is 23.5. The minimum atomic E-state index is -0.559. The molecule has 2 saturated heterocycles. The Hall–Kier alpha value is -3.00. The second-order valence-electron chi connectivity index (χ2n) is 10.8. The molecule has 216 valence electrons. The summed E-state index contributed by atoms with van der Waals surface area (Å²) >= 11 is 7.70. The first-order valence-electron chi connectivity index (χ1n) is 14.5. The number of ether oxygens (including phenoxy) is 1. The Morgan fingerprint density at radius 2 is 1.76 bits per heavy atom. The van der Waals surface area contributed by atoms with Crippen LogP contribution in [0.15, 0.2) is 78.9 Å². The van der Waals surface area contributed by atoms with Crippen LogP contribution in [0.1, 0.15) is 59.5 Å². The number of carbonyl (C=O) groups excluding carboxylic acids is 2. The summed E-state index contributed by atoms with van der Waals surface area (Å²) in [7, 11) is 0. The maximum atomic E-state index is 13.8. The van der Waals surface area contributed by atoms with Crippen molar-refractivity contribution in [2.24, 2.45) is 0 Å². The average Bonchev–Trinajstić information content (AvgIpc) is 3.45. The van der Waals surface area contributed by atoms with Crippen LogP contribution < -0.4 is 10.1 Å². The molecular formula is C33H38ClN3O3S. The van der Waals surface area contributed by atoms with E-state index in [-0.39, 0.29) is 17.2 Å². The molecule has 0 bridgehead atoms. The number of piperidine rings is 1. The third-order valence-electron chi connectivity index (χ3n) is 7.90. The largest absolute Gasteiger partial charge is 0.489 e. The molecule has 0 aliphatic carbocycles. The Kier molecular flexibility index (Phi) is 10.3. The fraction of sp³-hybridized carbons (Fsp3) is 0.394. The quantitative estimate of drug-likeness (QED) is 0.271. The number of likely N-dealkylation sites (tertiary alicyclic amines) is 1. The van der Waals surface area contributed by atoms with Gasteiger partial charge in [0.25, 0.3) is 5.91 Å². The van der Waals surface area contributed by atoms with Gasteiger partial charge in [-0.2, -0.15) is 0 Å². The summed E-state index contributed by atoms with van der Waals surface area (Å²) in [6, 6.07) is 24.8. The third-order valence-corrected chi connectivity index (χ3v) is 9.48. The van der Waals surface area contributed by atoms with Crippen LogP contribution >= 0.6 is 23.4 Å². The highest BCUT2D eigenvalue weighted by Crippen LogP contribution is 2.42. The molecule has 0 spiro atoms. The molecule has 2 aliphatic heterocycles. The highest BCUT2D eigenvalue weighted by molar-refractivity contribution is 7.99. The molecule has 3 atom stereocenters. The molecule has 3 unspecified atom stereocenters. The monoisotopic (exact) mass is 591 g/mol. The van der Waals surface area contributed by atoms with E-state index in [1.807, 2.05) is 54.6 Å². The van der Waals surface area contributed by atoms with Gasteiger partial charge in [-0.05, 0) is 80.3 Å². The van der Waals surface area contributed by atoms with Crippen molar-refractivity contribution in [3.8, 4) is 5.75 Å². The Labute approximate surface area is 252 Å². The van der Waals surface area contributed by atoms with Crippen LogP contribution in [-0.4, -0.2) is 59.1 Å². The Bertz CT molecular complexity index is 1290. The number of hydrogen-bond donors (Lipinski definition) is 1. The smallest absolute Gasteiger partial charge is 0.255 e. The van der Waals surface area contributed by atoms with Gasteiger partial charge in [0.15, 0.2) is 0 Å². The van der Waals surface area contributed by atoms with Gasteiger partial charge in [-0.1, -0.05) is 60.5 Å². The highest BCUT2D eigenvalue weighted by Gasteiger charge is 2.42. The Morgan fingerprint density at radius 1 is 1.00 bits per heavy atom. The van der Waals surface area contributed by atoms with Crippen LogP contribution in [0.3, 0.4) is 0 Å². The van der Waals surface area contributed by atoms with Gasteiger partial charge in [0.1, 0.15) is 23.8 Å². The second-order valence-corrected chi connectivity index (χ2v) is 12.3. The SMILES string of the molecule is CC1CCCCN1CCCNC(=O)C1CSC(c2ccc(OCc3ccccc3)cc2)N1C(=O)c1ccc(Cl)cc1. The topological polar surface area (TPSA) is 61.9 Å². The van der Waals surface area contributed by atoms with Gasteiger partial charge >= 0.3 is 0 Å². The number of thioether (sulfide) groups is 1. The summed E-state index contributed by atoms with van der Waals surface area (Å²) in [4.78, 5) is 31.5. The summed E-state index contributed by atoms with van der Waals surface area (Å²) in [5.74, 6) is 1.01. The molecule has 3 aromatic rings. The summed E-state index contributed by atoms with van der Waals surface area (Å²) in [6.07, 6.45) is 4.69. The minimum Gasteiger partial charge on any atom is -0.489 e. The van der Waals surface area contributed by atoms with Crippen LogP contribution in [0.5, 0.6) is 5.75 Å². The van der Waals surface area contributed by atoms with Crippen molar-refractivity contribution in [2.45, 2.75) is 56.7 Å². The van der Waals surface area contributed by atoms with Gasteiger partial charge in [0, 0.05) is 35.5 Å². The van der Waals surface area contributed by atoms with E-state index in [0.717, 1.165) is 36.4 Å². The van der Waals surface area contributed by atoms with E-state index in [2.05, 4.69) is 17.1 Å². The second kappa shape index (κ2) is 14.3. The first kappa shape index (κ1) is 29.5. The van der Waals surface area contributed by atoms with Crippen LogP contribution in [0.2, 0.25) is 5.02 Å². The number of hydrogen-bond acceptors (Lipinski definition) is 5. The van der Waals surface area contributed by atoms with Gasteiger partial charge in [-0.25, -0.2) is 0 Å². The van der Waals surface area contributed by atoms with Crippen LogP contribution in [0.4, 0.5) is 0 Å². The molecular weight excluding hydrogens is 554 g/mol. The van der Waals surface area contributed by atoms with E-state index < -0.39 is 6.04 Å². The molecule has 2 heterocycles. The van der Waals surface area contributed by atoms with Crippen molar-refractivity contribution in [2.75, 3.05) is 25.4 Å². The van der Waals surface area contributed by atoms with E-state index in [0.29, 0.717) is 35.5 Å². The summed E-state index contributed by atoms with van der Waals surface area (Å²) in [5, 5.41) is 3.41. The summed E-state index contributed by atoms with van der Waals surface area (Å²) < 4.78 is 5.96. The molecule has 2 fully saturated rings. The van der Waals surface area contributed by atoms with E-state index in [9.17, 15) is 9.59 Å². The van der Waals surface area contributed by atoms with Crippen LogP contribution in [-0.2, 0) is 11.4 Å². The van der Waals surface area contributed by atoms with Gasteiger partial charge in [-0.15, -0.1) is 11.8 Å². The normalized spacial score (nSPS) is 21.0. The molecule has 2 amide bonds. The summed E-state index contributed by atoms with van der Waals surface area (Å²) in [5.41, 5.74) is 2.57. The lowest BCUT2D eigenvalue weighted by Gasteiger charge is -2.33. The molecule has 41 heavy (non-hydrogen) atoms. The van der Waals surface area contributed by atoms with Crippen molar-refractivity contribution in [3.05, 3.63) is 101 Å². The van der Waals surface area contributed by atoms with Crippen molar-refractivity contribution in [3.63, 3.8) is 0 Å². The lowest BCUT2D eigenvalue weighted by Crippen LogP contribution is -2.48. The number of carbonyl (C=O) groups is 2. The molecule has 5 rings (SSSR count). The third kappa shape index (κ3) is 7.64. The van der Waals surface area contributed by atoms with Crippen molar-refractivity contribution < 1.29 is 14.3 Å². The van der Waals surface area contributed by atoms with Crippen molar-refractivity contribution >= 4 is 35.2 Å². The number of rotatable bonds is 10. The lowest BCUT2D eigenvalue weighted by atomic mass is 10.0. The van der Waals surface area contributed by atoms with Gasteiger partial charge in [0.05, 0.1) is 0 Å². The number of nitrogens with zero attached hydrogens (tertiary/aromatic N) is 2. The predicted octanol–water partition coefficient (Wildman–Crippen LogP) is 6.56. The Morgan fingerprint density at radius 3 is 2.49 bits per heavy atom. The van der Waals surface area contributed by atoms with E-state index >= 15 is 0 Å². The maximum absolute atomic E-state index is 13.8. The average molecular weight is 592 g/mol. The molecule has 0 aromatic heterocycles. The minimum absolute atomic E-state index is 0.100. The van der Waals surface area contributed by atoms with Gasteiger partial charge < -0.3 is 19.9 Å². The standard InChI is InChI=1S/C33H38ClN3O3S/c1-24-8-5-6-20-36(24)21-7-19-35-31(38)30-23-41-33(37(30)32(39)26-11-15-28(34)16-12-26)27-13-17-29(18-14-27)40-22-25-9-3-2-4-10-25/h2-4,9-18,24,30,33H,5-8,19-23H2,1H3,(H,35,38). The molecule has 6 nitrogen and oxygen atoms in total. The fourth-order valence-electron chi connectivity index (χ4n) is 5.53. The number of amides is 2. The first-order valence-corrected chi connectivity index (χ1v) is 15.9. The molecule has 3 aromatic carbocycles. The zero-order valence-corrected chi connectivity index (χ0v) is 25.1. The molecule has 0 saturated carbocycles. The van der Waals surface area contributed by atoms with E-state index in [4.69, 9.17) is 16.3 Å². The molecule has 2 aliphatic rings. The molecule has 8 heteroatoms. The van der Waals surface area contributed by atoms with Crippen molar-refractivity contribution in [1.29, 1.82) is 0 Å². The summed E-state index contributed by atoms with van der Waals surface area (Å²) in [6.45, 7) is 5.49.